The molecule has 76 valence electrons. The minimum Gasteiger partial charge on any atom is -0.508 e. The van der Waals surface area contributed by atoms with E-state index < -0.39 is 12.2 Å². The second-order valence-corrected chi connectivity index (χ2v) is 3.21. The highest BCUT2D eigenvalue weighted by Gasteiger charge is 2.45. The molecule has 1 aliphatic heterocycles. The summed E-state index contributed by atoms with van der Waals surface area (Å²) in [4.78, 5) is 0. The van der Waals surface area contributed by atoms with E-state index in [1.165, 1.54) is 12.1 Å². The molecule has 5 heteroatoms. The largest absolute Gasteiger partial charge is 0.508 e. The van der Waals surface area contributed by atoms with E-state index in [1.54, 1.807) is 6.07 Å². The number of aromatic hydroxyl groups is 1. The summed E-state index contributed by atoms with van der Waals surface area (Å²) in [5.41, 5.74) is 0.465. The van der Waals surface area contributed by atoms with Gasteiger partial charge in [0, 0.05) is 12.1 Å². The SMILES string of the molecule is Oc1cccc2c1[C@H](C(F)(F)F)NC2. The maximum atomic E-state index is 12.4. The van der Waals surface area contributed by atoms with Crippen LogP contribution in [-0.2, 0) is 6.54 Å². The molecule has 0 radical (unpaired) electrons. The van der Waals surface area contributed by atoms with E-state index in [0.717, 1.165) is 0 Å². The van der Waals surface area contributed by atoms with Crippen LogP contribution in [0, 0.1) is 0 Å². The number of hydrogen-bond donors (Lipinski definition) is 2. The Bertz CT molecular complexity index is 362. The first kappa shape index (κ1) is 9.33. The molecule has 1 atom stereocenters. The molecule has 14 heavy (non-hydrogen) atoms. The molecule has 1 aromatic carbocycles. The maximum absolute atomic E-state index is 12.4. The van der Waals surface area contributed by atoms with Gasteiger partial charge in [0.15, 0.2) is 0 Å². The number of nitrogens with one attached hydrogen (secondary N) is 1. The van der Waals surface area contributed by atoms with E-state index in [1.807, 2.05) is 0 Å². The van der Waals surface area contributed by atoms with Crippen molar-refractivity contribution in [3.8, 4) is 5.75 Å². The van der Waals surface area contributed by atoms with E-state index in [4.69, 9.17) is 0 Å². The third-order valence-electron chi connectivity index (χ3n) is 2.29. The molecular formula is C9H8F3NO. The van der Waals surface area contributed by atoms with Crippen LogP contribution in [0.2, 0.25) is 0 Å². The molecular weight excluding hydrogens is 195 g/mol. The molecule has 1 aliphatic rings. The number of alkyl halides is 3. The van der Waals surface area contributed by atoms with E-state index >= 15 is 0 Å². The molecule has 2 nitrogen and oxygen atoms in total. The highest BCUT2D eigenvalue weighted by molar-refractivity contribution is 5.45. The summed E-state index contributed by atoms with van der Waals surface area (Å²) in [7, 11) is 0. The average molecular weight is 203 g/mol. The number of phenolic OH excluding ortho intramolecular Hbond substituents is 1. The van der Waals surface area contributed by atoms with Crippen LogP contribution >= 0.6 is 0 Å². The quantitative estimate of drug-likeness (QED) is 0.676. The van der Waals surface area contributed by atoms with Crippen molar-refractivity contribution in [3.05, 3.63) is 29.3 Å². The number of hydrogen-bond acceptors (Lipinski definition) is 2. The fourth-order valence-electron chi connectivity index (χ4n) is 1.68. The van der Waals surface area contributed by atoms with Crippen LogP contribution in [0.25, 0.3) is 0 Å². The Hall–Kier alpha value is -1.23. The normalized spacial score (nSPS) is 20.9. The zero-order chi connectivity index (χ0) is 10.3. The first-order chi connectivity index (χ1) is 6.50. The first-order valence-corrected chi connectivity index (χ1v) is 4.11. The van der Waals surface area contributed by atoms with Crippen LogP contribution in [0.1, 0.15) is 17.2 Å². The van der Waals surface area contributed by atoms with Crippen LogP contribution in [0.3, 0.4) is 0 Å². The third-order valence-corrected chi connectivity index (χ3v) is 2.29. The Morgan fingerprint density at radius 3 is 2.71 bits per heavy atom. The molecule has 0 unspecified atom stereocenters. The van der Waals surface area contributed by atoms with Crippen molar-refractivity contribution in [1.82, 2.24) is 5.32 Å². The highest BCUT2D eigenvalue weighted by Crippen LogP contribution is 2.42. The van der Waals surface area contributed by atoms with Crippen molar-refractivity contribution in [1.29, 1.82) is 0 Å². The highest BCUT2D eigenvalue weighted by atomic mass is 19.4. The average Bonchev–Trinajstić information content (AvgIpc) is 2.47. The van der Waals surface area contributed by atoms with Crippen LogP contribution in [-0.4, -0.2) is 11.3 Å². The van der Waals surface area contributed by atoms with E-state index in [9.17, 15) is 18.3 Å². The fraction of sp³-hybridized carbons (Fsp3) is 0.333. The molecule has 0 fully saturated rings. The van der Waals surface area contributed by atoms with Gasteiger partial charge >= 0.3 is 6.18 Å². The molecule has 1 aromatic rings. The minimum absolute atomic E-state index is 0.0417. The van der Waals surface area contributed by atoms with Crippen molar-refractivity contribution in [2.75, 3.05) is 0 Å². The smallest absolute Gasteiger partial charge is 0.408 e. The predicted octanol–water partition coefficient (Wildman–Crippen LogP) is 2.10. The standard InChI is InChI=1S/C9H8F3NO/c10-9(11,12)8-7-5(4-13-8)2-1-3-6(7)14/h1-3,8,13-14H,4H2/t8-/m1/s1. The summed E-state index contributed by atoms with van der Waals surface area (Å²) in [6, 6.07) is 2.64. The van der Waals surface area contributed by atoms with Gasteiger partial charge < -0.3 is 5.11 Å². The predicted molar refractivity (Wildman–Crippen MR) is 43.7 cm³/mol. The summed E-state index contributed by atoms with van der Waals surface area (Å²) in [5.74, 6) is -0.296. The lowest BCUT2D eigenvalue weighted by Crippen LogP contribution is -2.28. The molecule has 2 rings (SSSR count). The van der Waals surface area contributed by atoms with Gasteiger partial charge in [0.1, 0.15) is 11.8 Å². The lowest BCUT2D eigenvalue weighted by Gasteiger charge is -2.16. The molecule has 2 N–H and O–H groups in total. The third kappa shape index (κ3) is 1.33. The second kappa shape index (κ2) is 2.88. The van der Waals surface area contributed by atoms with E-state index in [0.29, 0.717) is 5.56 Å². The van der Waals surface area contributed by atoms with Gasteiger partial charge in [-0.15, -0.1) is 0 Å². The Kier molecular flexibility index (Phi) is 1.92. The fourth-order valence-corrected chi connectivity index (χ4v) is 1.68. The van der Waals surface area contributed by atoms with Gasteiger partial charge in [-0.2, -0.15) is 13.2 Å². The van der Waals surface area contributed by atoms with Crippen LogP contribution in [0.4, 0.5) is 13.2 Å². The molecule has 0 aliphatic carbocycles. The van der Waals surface area contributed by atoms with Gasteiger partial charge in [-0.05, 0) is 11.6 Å². The molecule has 0 spiro atoms. The Labute approximate surface area is 78.4 Å². The summed E-state index contributed by atoms with van der Waals surface area (Å²) >= 11 is 0. The minimum atomic E-state index is -4.36. The Balaban J connectivity index is 2.48. The number of benzene rings is 1. The zero-order valence-corrected chi connectivity index (χ0v) is 7.10. The Morgan fingerprint density at radius 2 is 2.07 bits per heavy atom. The molecule has 0 saturated carbocycles. The number of rotatable bonds is 0. The number of phenols is 1. The lowest BCUT2D eigenvalue weighted by atomic mass is 10.0. The van der Waals surface area contributed by atoms with Gasteiger partial charge in [-0.3, -0.25) is 5.32 Å². The van der Waals surface area contributed by atoms with Crippen molar-refractivity contribution in [2.24, 2.45) is 0 Å². The maximum Gasteiger partial charge on any atom is 0.408 e. The monoisotopic (exact) mass is 203 g/mol. The summed E-state index contributed by atoms with van der Waals surface area (Å²) in [6.45, 7) is 0.147. The summed E-state index contributed by atoms with van der Waals surface area (Å²) in [5, 5.41) is 11.6. The zero-order valence-electron chi connectivity index (χ0n) is 7.10. The Morgan fingerprint density at radius 1 is 1.36 bits per heavy atom. The topological polar surface area (TPSA) is 32.3 Å². The van der Waals surface area contributed by atoms with Crippen LogP contribution in [0.15, 0.2) is 18.2 Å². The summed E-state index contributed by atoms with van der Waals surface area (Å²) in [6.07, 6.45) is -4.36. The molecule has 0 amide bonds. The van der Waals surface area contributed by atoms with Gasteiger partial charge in [0.25, 0.3) is 0 Å². The van der Waals surface area contributed by atoms with Gasteiger partial charge in [0.05, 0.1) is 0 Å². The molecule has 0 saturated heterocycles. The van der Waals surface area contributed by atoms with Gasteiger partial charge in [0.2, 0.25) is 0 Å². The van der Waals surface area contributed by atoms with Crippen molar-refractivity contribution < 1.29 is 18.3 Å². The van der Waals surface area contributed by atoms with E-state index in [-0.39, 0.29) is 17.9 Å². The van der Waals surface area contributed by atoms with Crippen molar-refractivity contribution in [2.45, 2.75) is 18.8 Å². The lowest BCUT2D eigenvalue weighted by molar-refractivity contribution is -0.155. The van der Waals surface area contributed by atoms with Gasteiger partial charge in [-0.1, -0.05) is 12.1 Å². The number of fused-ring (bicyclic) bond motifs is 1. The van der Waals surface area contributed by atoms with E-state index in [2.05, 4.69) is 5.32 Å². The van der Waals surface area contributed by atoms with Crippen molar-refractivity contribution in [3.63, 3.8) is 0 Å². The van der Waals surface area contributed by atoms with Gasteiger partial charge in [-0.25, -0.2) is 0 Å². The molecule has 1 heterocycles. The summed E-state index contributed by atoms with van der Waals surface area (Å²) < 4.78 is 37.3. The first-order valence-electron chi connectivity index (χ1n) is 4.11. The van der Waals surface area contributed by atoms with Crippen molar-refractivity contribution >= 4 is 0 Å². The van der Waals surface area contributed by atoms with Crippen LogP contribution < -0.4 is 5.32 Å². The number of halogens is 3. The molecule has 0 aromatic heterocycles. The van der Waals surface area contributed by atoms with Crippen LogP contribution in [0.5, 0.6) is 5.75 Å². The second-order valence-electron chi connectivity index (χ2n) is 3.21. The molecule has 0 bridgehead atoms.